The molecule has 3 atom stereocenters. The van der Waals surface area contributed by atoms with E-state index in [1.807, 2.05) is 26.8 Å². The predicted molar refractivity (Wildman–Crippen MR) is 145 cm³/mol. The Labute approximate surface area is 220 Å². The van der Waals surface area contributed by atoms with Gasteiger partial charge >= 0.3 is 0 Å². The molecule has 2 aliphatic rings. The van der Waals surface area contributed by atoms with Crippen LogP contribution in [0.2, 0.25) is 0 Å². The van der Waals surface area contributed by atoms with E-state index in [1.165, 1.54) is 11.3 Å². The van der Waals surface area contributed by atoms with Crippen molar-refractivity contribution in [3.63, 3.8) is 0 Å². The SMILES string of the molecule is COC(C)(C)COC1CN(c2ccc3c(n2)CCC(NC(=O)c2sc4nc(C)cnc4c2N)C3)CC1N. The predicted octanol–water partition coefficient (Wildman–Crippen LogP) is 2.22. The van der Waals surface area contributed by atoms with Gasteiger partial charge in [-0.05, 0) is 51.7 Å². The van der Waals surface area contributed by atoms with Crippen molar-refractivity contribution in [1.82, 2.24) is 20.3 Å². The van der Waals surface area contributed by atoms with Crippen LogP contribution in [0.25, 0.3) is 10.3 Å². The zero-order valence-corrected chi connectivity index (χ0v) is 22.6. The highest BCUT2D eigenvalue weighted by Gasteiger charge is 2.34. The molecule has 1 saturated heterocycles. The number of nitrogens with two attached hydrogens (primary N) is 2. The van der Waals surface area contributed by atoms with Crippen molar-refractivity contribution in [2.24, 2.45) is 5.73 Å². The number of nitrogens with one attached hydrogen (secondary N) is 1. The molecular formula is C26H35N7O3S. The Morgan fingerprint density at radius 2 is 2.11 bits per heavy atom. The minimum Gasteiger partial charge on any atom is -0.396 e. The molecule has 10 nitrogen and oxygen atoms in total. The molecule has 1 aliphatic carbocycles. The van der Waals surface area contributed by atoms with Gasteiger partial charge in [-0.1, -0.05) is 6.07 Å². The van der Waals surface area contributed by atoms with Gasteiger partial charge in [0.2, 0.25) is 0 Å². The van der Waals surface area contributed by atoms with E-state index in [-0.39, 0.29) is 29.7 Å². The summed E-state index contributed by atoms with van der Waals surface area (Å²) in [5.74, 6) is 0.744. The van der Waals surface area contributed by atoms with Gasteiger partial charge in [0.05, 0.1) is 35.7 Å². The molecule has 0 aromatic carbocycles. The number of carbonyl (C=O) groups is 1. The third kappa shape index (κ3) is 5.40. The minimum atomic E-state index is -0.349. The molecule has 11 heteroatoms. The number of pyridine rings is 1. The summed E-state index contributed by atoms with van der Waals surface area (Å²) in [5.41, 5.74) is 16.3. The van der Waals surface area contributed by atoms with E-state index in [9.17, 15) is 4.79 Å². The number of carbonyl (C=O) groups excluding carboxylic acids is 1. The summed E-state index contributed by atoms with van der Waals surface area (Å²) in [7, 11) is 1.69. The molecule has 198 valence electrons. The Morgan fingerprint density at radius 3 is 2.89 bits per heavy atom. The standard InChI is InChI=1S/C26H35N7O3S/c1-14-10-29-22-21(28)23(37-25(22)30-14)24(34)31-16-6-7-18-15(9-16)5-8-20(32-18)33-11-17(27)19(12-33)36-13-26(2,3)35-4/h5,8,10,16-17,19H,6-7,9,11-13,27-28H2,1-4H3,(H,31,34). The second-order valence-corrected chi connectivity index (χ2v) is 11.6. The largest absolute Gasteiger partial charge is 0.396 e. The minimum absolute atomic E-state index is 0.0158. The quantitative estimate of drug-likeness (QED) is 0.423. The number of methoxy groups -OCH3 is 1. The van der Waals surface area contributed by atoms with Gasteiger partial charge < -0.3 is 31.2 Å². The monoisotopic (exact) mass is 525 g/mol. The molecule has 3 unspecified atom stereocenters. The van der Waals surface area contributed by atoms with Crippen LogP contribution in [-0.2, 0) is 22.3 Å². The molecular weight excluding hydrogens is 490 g/mol. The summed E-state index contributed by atoms with van der Waals surface area (Å²) in [4.78, 5) is 30.1. The van der Waals surface area contributed by atoms with Crippen molar-refractivity contribution in [1.29, 1.82) is 0 Å². The Hall–Kier alpha value is -2.86. The average Bonchev–Trinajstić information content (AvgIpc) is 3.41. The fourth-order valence-electron chi connectivity index (χ4n) is 4.82. The van der Waals surface area contributed by atoms with Gasteiger partial charge in [-0.3, -0.25) is 4.79 Å². The van der Waals surface area contributed by atoms with Crippen molar-refractivity contribution in [2.45, 2.75) is 63.8 Å². The topological polar surface area (TPSA) is 142 Å². The molecule has 3 aromatic heterocycles. The van der Waals surface area contributed by atoms with Gasteiger partial charge in [0.25, 0.3) is 5.91 Å². The maximum atomic E-state index is 13.0. The lowest BCUT2D eigenvalue weighted by Crippen LogP contribution is -2.39. The Kier molecular flexibility index (Phi) is 7.06. The lowest BCUT2D eigenvalue weighted by atomic mass is 9.91. The highest BCUT2D eigenvalue weighted by atomic mass is 32.1. The fraction of sp³-hybridized carbons (Fsp3) is 0.538. The van der Waals surface area contributed by atoms with Gasteiger partial charge in [0, 0.05) is 38.1 Å². The third-order valence-corrected chi connectivity index (χ3v) is 8.27. The number of hydrogen-bond donors (Lipinski definition) is 3. The number of anilines is 2. The molecule has 1 amide bonds. The number of hydrogen-bond acceptors (Lipinski definition) is 10. The van der Waals surface area contributed by atoms with Crippen LogP contribution in [0.5, 0.6) is 0 Å². The normalized spacial score (nSPS) is 21.9. The van der Waals surface area contributed by atoms with Crippen LogP contribution in [0.15, 0.2) is 18.3 Å². The van der Waals surface area contributed by atoms with E-state index in [0.717, 1.165) is 42.0 Å². The van der Waals surface area contributed by atoms with Crippen LogP contribution in [0.4, 0.5) is 11.5 Å². The highest BCUT2D eigenvalue weighted by Crippen LogP contribution is 2.32. The second-order valence-electron chi connectivity index (χ2n) is 10.6. The number of fused-ring (bicyclic) bond motifs is 2. The summed E-state index contributed by atoms with van der Waals surface area (Å²) in [6, 6.07) is 4.09. The van der Waals surface area contributed by atoms with E-state index in [4.69, 9.17) is 25.9 Å². The zero-order chi connectivity index (χ0) is 26.3. The molecule has 37 heavy (non-hydrogen) atoms. The molecule has 1 aliphatic heterocycles. The van der Waals surface area contributed by atoms with Gasteiger partial charge in [0.1, 0.15) is 21.0 Å². The maximum absolute atomic E-state index is 13.0. The number of rotatable bonds is 7. The van der Waals surface area contributed by atoms with Crippen LogP contribution >= 0.6 is 11.3 Å². The van der Waals surface area contributed by atoms with Crippen LogP contribution in [0.3, 0.4) is 0 Å². The Balaban J connectivity index is 1.21. The lowest BCUT2D eigenvalue weighted by Gasteiger charge is -2.27. The second kappa shape index (κ2) is 10.1. The van der Waals surface area contributed by atoms with E-state index < -0.39 is 0 Å². The molecule has 5 rings (SSSR count). The van der Waals surface area contributed by atoms with Gasteiger partial charge in [-0.15, -0.1) is 11.3 Å². The Morgan fingerprint density at radius 1 is 1.30 bits per heavy atom. The van der Waals surface area contributed by atoms with Crippen LogP contribution in [0.1, 0.15) is 46.9 Å². The first-order valence-corrected chi connectivity index (χ1v) is 13.4. The van der Waals surface area contributed by atoms with E-state index in [2.05, 4.69) is 26.3 Å². The van der Waals surface area contributed by atoms with E-state index in [1.54, 1.807) is 13.3 Å². The number of thiophene rings is 1. The van der Waals surface area contributed by atoms with Crippen LogP contribution < -0.4 is 21.7 Å². The van der Waals surface area contributed by atoms with E-state index in [0.29, 0.717) is 40.6 Å². The molecule has 4 heterocycles. The van der Waals surface area contributed by atoms with Crippen molar-refractivity contribution in [3.05, 3.63) is 40.2 Å². The smallest absolute Gasteiger partial charge is 0.263 e. The number of aryl methyl sites for hydroxylation is 2. The summed E-state index contributed by atoms with van der Waals surface area (Å²) in [6.45, 7) is 7.75. The summed E-state index contributed by atoms with van der Waals surface area (Å²) in [5, 5.41) is 3.16. The van der Waals surface area contributed by atoms with Crippen LogP contribution in [0, 0.1) is 6.92 Å². The number of amides is 1. The van der Waals surface area contributed by atoms with Gasteiger partial charge in [-0.25, -0.2) is 15.0 Å². The van der Waals surface area contributed by atoms with Crippen molar-refractivity contribution >= 4 is 39.1 Å². The third-order valence-electron chi connectivity index (χ3n) is 7.18. The fourth-order valence-corrected chi connectivity index (χ4v) is 5.82. The van der Waals surface area contributed by atoms with Gasteiger partial charge in [0.15, 0.2) is 0 Å². The van der Waals surface area contributed by atoms with Crippen molar-refractivity contribution < 1.29 is 14.3 Å². The first-order chi connectivity index (χ1) is 17.6. The van der Waals surface area contributed by atoms with Crippen molar-refractivity contribution in [2.75, 3.05) is 37.4 Å². The number of aromatic nitrogens is 3. The molecule has 1 fully saturated rings. The molecule has 0 radical (unpaired) electrons. The first kappa shape index (κ1) is 25.8. The highest BCUT2D eigenvalue weighted by molar-refractivity contribution is 7.21. The first-order valence-electron chi connectivity index (χ1n) is 12.6. The Bertz CT molecular complexity index is 1310. The molecule has 5 N–H and O–H groups in total. The number of nitrogen functional groups attached to an aromatic ring is 1. The maximum Gasteiger partial charge on any atom is 0.263 e. The van der Waals surface area contributed by atoms with Gasteiger partial charge in [-0.2, -0.15) is 0 Å². The molecule has 0 saturated carbocycles. The number of ether oxygens (including phenoxy) is 2. The lowest BCUT2D eigenvalue weighted by molar-refractivity contribution is -0.0728. The number of nitrogens with zero attached hydrogens (tertiary/aromatic N) is 4. The average molecular weight is 526 g/mol. The summed E-state index contributed by atoms with van der Waals surface area (Å²) >= 11 is 1.29. The summed E-state index contributed by atoms with van der Waals surface area (Å²) < 4.78 is 11.5. The van der Waals surface area contributed by atoms with Crippen molar-refractivity contribution in [3.8, 4) is 0 Å². The molecule has 0 bridgehead atoms. The summed E-state index contributed by atoms with van der Waals surface area (Å²) in [6.07, 6.45) is 3.93. The van der Waals surface area contributed by atoms with E-state index >= 15 is 0 Å². The molecule has 3 aromatic rings. The molecule has 0 spiro atoms. The zero-order valence-electron chi connectivity index (χ0n) is 21.8. The van der Waals surface area contributed by atoms with Crippen LogP contribution in [-0.4, -0.2) is 71.5 Å².